The zero-order chi connectivity index (χ0) is 14.5. The lowest BCUT2D eigenvalue weighted by Crippen LogP contribution is -2.15. The summed E-state index contributed by atoms with van der Waals surface area (Å²) in [4.78, 5) is 12.5. The molecule has 0 bridgehead atoms. The van der Waals surface area contributed by atoms with E-state index in [1.807, 2.05) is 0 Å². The first kappa shape index (κ1) is 14.9. The maximum atomic E-state index is 11.4. The van der Waals surface area contributed by atoms with Crippen molar-refractivity contribution in [3.63, 3.8) is 0 Å². The van der Waals surface area contributed by atoms with E-state index < -0.39 is 0 Å². The number of benzene rings is 1. The predicted molar refractivity (Wildman–Crippen MR) is 81.1 cm³/mol. The monoisotopic (exact) mass is 292 g/mol. The average Bonchev–Trinajstić information content (AvgIpc) is 2.74. The molecule has 5 nitrogen and oxygen atoms in total. The van der Waals surface area contributed by atoms with Crippen molar-refractivity contribution in [1.29, 1.82) is 0 Å². The van der Waals surface area contributed by atoms with Crippen LogP contribution in [-0.4, -0.2) is 21.3 Å². The van der Waals surface area contributed by atoms with Crippen molar-refractivity contribution in [2.24, 2.45) is 7.05 Å². The standard InChI is InChI=1S/C14H20N4OS/c1-4-7-15-9-11-8-10(2)5-6-12(11)20-14-17-16-13(19)18(14)3/h5-6,8,15H,4,7,9H2,1-3H3,(H,16,19). The van der Waals surface area contributed by atoms with Crippen LogP contribution in [0, 0.1) is 6.92 Å². The lowest BCUT2D eigenvalue weighted by Gasteiger charge is -2.10. The van der Waals surface area contributed by atoms with E-state index in [2.05, 4.69) is 47.6 Å². The van der Waals surface area contributed by atoms with Crippen molar-refractivity contribution in [3.05, 3.63) is 39.8 Å². The van der Waals surface area contributed by atoms with Gasteiger partial charge < -0.3 is 5.32 Å². The van der Waals surface area contributed by atoms with E-state index in [-0.39, 0.29) is 5.69 Å². The molecule has 0 saturated carbocycles. The molecule has 0 aliphatic heterocycles. The Bertz CT molecular complexity index is 632. The maximum Gasteiger partial charge on any atom is 0.343 e. The first-order chi connectivity index (χ1) is 9.61. The molecule has 0 unspecified atom stereocenters. The van der Waals surface area contributed by atoms with Crippen LogP contribution >= 0.6 is 11.8 Å². The predicted octanol–water partition coefficient (Wildman–Crippen LogP) is 2.07. The molecule has 0 atom stereocenters. The molecule has 0 aliphatic carbocycles. The van der Waals surface area contributed by atoms with Crippen LogP contribution < -0.4 is 11.0 Å². The van der Waals surface area contributed by atoms with Gasteiger partial charge in [-0.15, -0.1) is 5.10 Å². The smallest absolute Gasteiger partial charge is 0.313 e. The molecule has 0 aliphatic rings. The molecule has 0 fully saturated rings. The number of aromatic nitrogens is 3. The largest absolute Gasteiger partial charge is 0.343 e. The van der Waals surface area contributed by atoms with Crippen LogP contribution in [0.4, 0.5) is 0 Å². The highest BCUT2D eigenvalue weighted by Crippen LogP contribution is 2.28. The van der Waals surface area contributed by atoms with E-state index in [4.69, 9.17) is 0 Å². The van der Waals surface area contributed by atoms with E-state index in [1.54, 1.807) is 7.05 Å². The zero-order valence-electron chi connectivity index (χ0n) is 12.1. The van der Waals surface area contributed by atoms with Gasteiger partial charge in [-0.05, 0) is 43.3 Å². The average molecular weight is 292 g/mol. The van der Waals surface area contributed by atoms with Gasteiger partial charge in [0.15, 0.2) is 5.16 Å². The Morgan fingerprint density at radius 3 is 2.90 bits per heavy atom. The molecule has 2 N–H and O–H groups in total. The van der Waals surface area contributed by atoms with Crippen molar-refractivity contribution < 1.29 is 0 Å². The van der Waals surface area contributed by atoms with Gasteiger partial charge in [-0.3, -0.25) is 4.57 Å². The van der Waals surface area contributed by atoms with E-state index in [9.17, 15) is 4.79 Å². The van der Waals surface area contributed by atoms with Crippen LogP contribution in [-0.2, 0) is 13.6 Å². The maximum absolute atomic E-state index is 11.4. The van der Waals surface area contributed by atoms with E-state index in [1.165, 1.54) is 27.5 Å². The Labute approximate surface area is 122 Å². The molecular weight excluding hydrogens is 272 g/mol. The van der Waals surface area contributed by atoms with Gasteiger partial charge in [0.2, 0.25) is 0 Å². The second-order valence-electron chi connectivity index (χ2n) is 4.76. The highest BCUT2D eigenvalue weighted by atomic mass is 32.2. The van der Waals surface area contributed by atoms with E-state index >= 15 is 0 Å². The molecule has 20 heavy (non-hydrogen) atoms. The third kappa shape index (κ3) is 3.52. The Hall–Kier alpha value is -1.53. The lowest BCUT2D eigenvalue weighted by molar-refractivity contribution is 0.668. The first-order valence-electron chi connectivity index (χ1n) is 6.71. The molecule has 0 spiro atoms. The van der Waals surface area contributed by atoms with Crippen molar-refractivity contribution in [1.82, 2.24) is 20.1 Å². The van der Waals surface area contributed by atoms with Crippen molar-refractivity contribution >= 4 is 11.8 Å². The number of hydrogen-bond donors (Lipinski definition) is 2. The molecule has 0 saturated heterocycles. The molecule has 1 aromatic heterocycles. The Balaban J connectivity index is 2.22. The van der Waals surface area contributed by atoms with Crippen LogP contribution in [0.25, 0.3) is 0 Å². The van der Waals surface area contributed by atoms with Gasteiger partial charge in [-0.2, -0.15) is 0 Å². The lowest BCUT2D eigenvalue weighted by atomic mass is 10.1. The van der Waals surface area contributed by atoms with Crippen LogP contribution in [0.2, 0.25) is 0 Å². The molecule has 108 valence electrons. The van der Waals surface area contributed by atoms with Gasteiger partial charge in [0.05, 0.1) is 0 Å². The third-order valence-corrected chi connectivity index (χ3v) is 4.16. The summed E-state index contributed by atoms with van der Waals surface area (Å²) >= 11 is 1.51. The van der Waals surface area contributed by atoms with Crippen LogP contribution in [0.1, 0.15) is 24.5 Å². The van der Waals surface area contributed by atoms with Crippen molar-refractivity contribution in [2.75, 3.05) is 6.54 Å². The van der Waals surface area contributed by atoms with Gasteiger partial charge in [-0.1, -0.05) is 24.6 Å². The van der Waals surface area contributed by atoms with Crippen molar-refractivity contribution in [3.8, 4) is 0 Å². The van der Waals surface area contributed by atoms with Gasteiger partial charge in [0, 0.05) is 18.5 Å². The Kier molecular flexibility index (Phi) is 5.03. The summed E-state index contributed by atoms with van der Waals surface area (Å²) < 4.78 is 1.52. The quantitative estimate of drug-likeness (QED) is 0.800. The minimum atomic E-state index is -0.190. The van der Waals surface area contributed by atoms with Gasteiger partial charge in [0.25, 0.3) is 0 Å². The van der Waals surface area contributed by atoms with Gasteiger partial charge in [-0.25, -0.2) is 9.89 Å². The molecule has 1 heterocycles. The number of aromatic amines is 1. The minimum Gasteiger partial charge on any atom is -0.313 e. The number of aryl methyl sites for hydroxylation is 1. The normalized spacial score (nSPS) is 10.9. The summed E-state index contributed by atoms with van der Waals surface area (Å²) in [6.45, 7) is 6.07. The Morgan fingerprint density at radius 2 is 2.25 bits per heavy atom. The van der Waals surface area contributed by atoms with Crippen LogP contribution in [0.15, 0.2) is 33.0 Å². The fourth-order valence-corrected chi connectivity index (χ4v) is 2.77. The summed E-state index contributed by atoms with van der Waals surface area (Å²) in [7, 11) is 1.72. The summed E-state index contributed by atoms with van der Waals surface area (Å²) in [5, 5.41) is 10.6. The molecule has 2 rings (SSSR count). The molecule has 0 radical (unpaired) electrons. The molecular formula is C14H20N4OS. The number of hydrogen-bond acceptors (Lipinski definition) is 4. The topological polar surface area (TPSA) is 62.7 Å². The van der Waals surface area contributed by atoms with E-state index in [0.717, 1.165) is 24.4 Å². The second-order valence-corrected chi connectivity index (χ2v) is 5.77. The zero-order valence-corrected chi connectivity index (χ0v) is 12.9. The second kappa shape index (κ2) is 6.76. The number of nitrogens with one attached hydrogen (secondary N) is 2. The SMILES string of the molecule is CCCNCc1cc(C)ccc1Sc1n[nH]c(=O)n1C. The third-order valence-electron chi connectivity index (χ3n) is 3.00. The van der Waals surface area contributed by atoms with Crippen LogP contribution in [0.5, 0.6) is 0 Å². The Morgan fingerprint density at radius 1 is 1.45 bits per heavy atom. The summed E-state index contributed by atoms with van der Waals surface area (Å²) in [5.41, 5.74) is 2.28. The van der Waals surface area contributed by atoms with Gasteiger partial charge >= 0.3 is 5.69 Å². The van der Waals surface area contributed by atoms with Crippen molar-refractivity contribution in [2.45, 2.75) is 36.9 Å². The molecule has 2 aromatic rings. The highest BCUT2D eigenvalue weighted by Gasteiger charge is 2.10. The summed E-state index contributed by atoms with van der Waals surface area (Å²) in [6, 6.07) is 6.34. The number of H-pyrrole nitrogens is 1. The highest BCUT2D eigenvalue weighted by molar-refractivity contribution is 7.99. The number of rotatable bonds is 6. The molecule has 1 aromatic carbocycles. The molecule has 6 heteroatoms. The fourth-order valence-electron chi connectivity index (χ4n) is 1.87. The minimum absolute atomic E-state index is 0.190. The summed E-state index contributed by atoms with van der Waals surface area (Å²) in [5.74, 6) is 0. The van der Waals surface area contributed by atoms with Gasteiger partial charge in [0.1, 0.15) is 0 Å². The number of nitrogens with zero attached hydrogens (tertiary/aromatic N) is 2. The fraction of sp³-hybridized carbons (Fsp3) is 0.429. The summed E-state index contributed by atoms with van der Waals surface area (Å²) in [6.07, 6.45) is 1.11. The first-order valence-corrected chi connectivity index (χ1v) is 7.53. The van der Waals surface area contributed by atoms with E-state index in [0.29, 0.717) is 5.16 Å². The van der Waals surface area contributed by atoms with Crippen LogP contribution in [0.3, 0.4) is 0 Å². The molecule has 0 amide bonds.